The van der Waals surface area contributed by atoms with Crippen LogP contribution in [0.25, 0.3) is 0 Å². The maximum absolute atomic E-state index is 12.2. The second-order valence-electron chi connectivity index (χ2n) is 4.22. The van der Waals surface area contributed by atoms with Crippen molar-refractivity contribution in [2.45, 2.75) is 18.8 Å². The number of hydrogen-bond acceptors (Lipinski definition) is 4. The number of carbonyl (C=O) groups excluding carboxylic acids is 1. The molecular weight excluding hydrogens is 277 g/mol. The summed E-state index contributed by atoms with van der Waals surface area (Å²) >= 11 is 0. The van der Waals surface area contributed by atoms with E-state index in [1.165, 1.54) is 19.2 Å². The third-order valence-electron chi connectivity index (χ3n) is 2.74. The zero-order valence-electron chi connectivity index (χ0n) is 10.6. The molecule has 0 spiro atoms. The smallest absolute Gasteiger partial charge is 0.497 e. The van der Waals surface area contributed by atoms with Crippen molar-refractivity contribution in [3.05, 3.63) is 18.2 Å². The average Bonchev–Trinajstić information content (AvgIpc) is 2.72. The van der Waals surface area contributed by atoms with Gasteiger partial charge in [0.2, 0.25) is 5.91 Å². The topological polar surface area (TPSA) is 59.6 Å². The van der Waals surface area contributed by atoms with Crippen LogP contribution in [0.2, 0.25) is 0 Å². The number of alkyl halides is 3. The quantitative estimate of drug-likeness (QED) is 0.889. The zero-order chi connectivity index (χ0) is 14.8. The predicted molar refractivity (Wildman–Crippen MR) is 64.7 cm³/mol. The Morgan fingerprint density at radius 2 is 2.00 bits per heavy atom. The molecule has 0 saturated carbocycles. The molecule has 1 heterocycles. The van der Waals surface area contributed by atoms with Gasteiger partial charge in [-0.2, -0.15) is 0 Å². The van der Waals surface area contributed by atoms with Gasteiger partial charge in [-0.25, -0.2) is 0 Å². The van der Waals surface area contributed by atoms with E-state index >= 15 is 0 Å². The molecule has 0 radical (unpaired) electrons. The lowest BCUT2D eigenvalue weighted by Crippen LogP contribution is -2.29. The standard InChI is InChI=1S/C12H13F3N2O3/c1-19-8-4-7(17-10-2-3-16-11(10)18)5-9(6-8)20-12(13,14)15/h4-6,10,17H,2-3H2,1H3,(H,16,18)/t10-/m1/s1. The molecule has 1 aromatic carbocycles. The zero-order valence-corrected chi connectivity index (χ0v) is 10.6. The van der Waals surface area contributed by atoms with Crippen LogP contribution in [0, 0.1) is 0 Å². The molecule has 8 heteroatoms. The molecule has 0 bridgehead atoms. The fraction of sp³-hybridized carbons (Fsp3) is 0.417. The number of halogens is 3. The Hall–Kier alpha value is -2.12. The highest BCUT2D eigenvalue weighted by Crippen LogP contribution is 2.30. The molecule has 1 aliphatic heterocycles. The Labute approximate surface area is 113 Å². The van der Waals surface area contributed by atoms with E-state index < -0.39 is 18.2 Å². The first-order chi connectivity index (χ1) is 9.37. The third kappa shape index (κ3) is 3.69. The lowest BCUT2D eigenvalue weighted by Gasteiger charge is -2.15. The minimum atomic E-state index is -4.78. The lowest BCUT2D eigenvalue weighted by molar-refractivity contribution is -0.274. The molecule has 2 rings (SSSR count). The molecule has 2 N–H and O–H groups in total. The SMILES string of the molecule is COc1cc(N[C@@H]2CCNC2=O)cc(OC(F)(F)F)c1. The Bertz CT molecular complexity index is 505. The summed E-state index contributed by atoms with van der Waals surface area (Å²) in [7, 11) is 1.33. The molecule has 0 aromatic heterocycles. The molecule has 5 nitrogen and oxygen atoms in total. The van der Waals surface area contributed by atoms with Gasteiger partial charge in [-0.15, -0.1) is 13.2 Å². The van der Waals surface area contributed by atoms with Crippen molar-refractivity contribution < 1.29 is 27.4 Å². The van der Waals surface area contributed by atoms with Gasteiger partial charge in [0.15, 0.2) is 0 Å². The van der Waals surface area contributed by atoms with Crippen molar-refractivity contribution in [3.63, 3.8) is 0 Å². The third-order valence-corrected chi connectivity index (χ3v) is 2.74. The Morgan fingerprint density at radius 1 is 1.30 bits per heavy atom. The fourth-order valence-electron chi connectivity index (χ4n) is 1.90. The summed E-state index contributed by atoms with van der Waals surface area (Å²) < 4.78 is 45.5. The molecule has 1 atom stereocenters. The molecule has 1 aromatic rings. The van der Waals surface area contributed by atoms with Gasteiger partial charge in [-0.3, -0.25) is 4.79 Å². The van der Waals surface area contributed by atoms with E-state index in [9.17, 15) is 18.0 Å². The number of nitrogens with one attached hydrogen (secondary N) is 2. The Kier molecular flexibility index (Phi) is 3.91. The molecule has 1 amide bonds. The van der Waals surface area contributed by atoms with Crippen molar-refractivity contribution in [2.24, 2.45) is 0 Å². The maximum Gasteiger partial charge on any atom is 0.573 e. The number of amides is 1. The van der Waals surface area contributed by atoms with E-state index in [-0.39, 0.29) is 11.7 Å². The van der Waals surface area contributed by atoms with E-state index in [0.29, 0.717) is 18.7 Å². The summed E-state index contributed by atoms with van der Waals surface area (Å²) in [6, 6.07) is 3.31. The second-order valence-corrected chi connectivity index (χ2v) is 4.22. The summed E-state index contributed by atoms with van der Waals surface area (Å²) in [5.41, 5.74) is 0.325. The van der Waals surface area contributed by atoms with E-state index in [2.05, 4.69) is 15.4 Å². The van der Waals surface area contributed by atoms with Crippen LogP contribution in [-0.2, 0) is 4.79 Å². The van der Waals surface area contributed by atoms with Crippen molar-refractivity contribution in [1.29, 1.82) is 0 Å². The minimum Gasteiger partial charge on any atom is -0.497 e. The summed E-state index contributed by atoms with van der Waals surface area (Å²) in [5.74, 6) is -0.392. The number of anilines is 1. The van der Waals surface area contributed by atoms with Crippen LogP contribution in [0.5, 0.6) is 11.5 Å². The first-order valence-corrected chi connectivity index (χ1v) is 5.86. The highest BCUT2D eigenvalue weighted by atomic mass is 19.4. The molecular formula is C12H13F3N2O3. The number of hydrogen-bond donors (Lipinski definition) is 2. The van der Waals surface area contributed by atoms with Crippen LogP contribution in [0.1, 0.15) is 6.42 Å². The van der Waals surface area contributed by atoms with Crippen LogP contribution in [0.4, 0.5) is 18.9 Å². The molecule has 20 heavy (non-hydrogen) atoms. The number of methoxy groups -OCH3 is 1. The largest absolute Gasteiger partial charge is 0.573 e. The average molecular weight is 290 g/mol. The van der Waals surface area contributed by atoms with Crippen molar-refractivity contribution in [1.82, 2.24) is 5.32 Å². The van der Waals surface area contributed by atoms with Crippen molar-refractivity contribution in [3.8, 4) is 11.5 Å². The molecule has 1 fully saturated rings. The van der Waals surface area contributed by atoms with Gasteiger partial charge >= 0.3 is 6.36 Å². The Balaban J connectivity index is 2.19. The van der Waals surface area contributed by atoms with E-state index in [1.54, 1.807) is 0 Å². The van der Waals surface area contributed by atoms with Gasteiger partial charge in [0.1, 0.15) is 17.5 Å². The molecule has 0 aliphatic carbocycles. The molecule has 1 aliphatic rings. The van der Waals surface area contributed by atoms with Gasteiger partial charge in [-0.1, -0.05) is 0 Å². The second kappa shape index (κ2) is 5.48. The number of rotatable bonds is 4. The molecule has 0 unspecified atom stereocenters. The lowest BCUT2D eigenvalue weighted by atomic mass is 10.2. The highest BCUT2D eigenvalue weighted by molar-refractivity contribution is 5.86. The van der Waals surface area contributed by atoms with E-state index in [4.69, 9.17) is 4.74 Å². The van der Waals surface area contributed by atoms with Gasteiger partial charge in [0, 0.05) is 30.4 Å². The van der Waals surface area contributed by atoms with Crippen LogP contribution in [0.15, 0.2) is 18.2 Å². The van der Waals surface area contributed by atoms with Gasteiger partial charge < -0.3 is 20.1 Å². The summed E-state index contributed by atoms with van der Waals surface area (Å²) in [4.78, 5) is 11.4. The predicted octanol–water partition coefficient (Wildman–Crippen LogP) is 1.89. The summed E-state index contributed by atoms with van der Waals surface area (Å²) in [6.07, 6.45) is -4.22. The van der Waals surface area contributed by atoms with Crippen LogP contribution < -0.4 is 20.1 Å². The van der Waals surface area contributed by atoms with E-state index in [1.807, 2.05) is 0 Å². The minimum absolute atomic E-state index is 0.189. The first-order valence-electron chi connectivity index (χ1n) is 5.86. The monoisotopic (exact) mass is 290 g/mol. The van der Waals surface area contributed by atoms with Gasteiger partial charge in [0.25, 0.3) is 0 Å². The van der Waals surface area contributed by atoms with Crippen LogP contribution in [0.3, 0.4) is 0 Å². The summed E-state index contributed by atoms with van der Waals surface area (Å²) in [5, 5.41) is 5.48. The normalized spacial score (nSPS) is 18.6. The van der Waals surface area contributed by atoms with E-state index in [0.717, 1.165) is 6.07 Å². The van der Waals surface area contributed by atoms with Crippen LogP contribution in [-0.4, -0.2) is 32.0 Å². The molecule has 1 saturated heterocycles. The van der Waals surface area contributed by atoms with Crippen LogP contribution >= 0.6 is 0 Å². The Morgan fingerprint density at radius 3 is 2.55 bits per heavy atom. The number of carbonyl (C=O) groups is 1. The number of benzene rings is 1. The van der Waals surface area contributed by atoms with Gasteiger partial charge in [0.05, 0.1) is 7.11 Å². The maximum atomic E-state index is 12.2. The van der Waals surface area contributed by atoms with Crippen molar-refractivity contribution in [2.75, 3.05) is 19.0 Å². The van der Waals surface area contributed by atoms with Gasteiger partial charge in [-0.05, 0) is 6.42 Å². The first kappa shape index (κ1) is 14.3. The fourth-order valence-corrected chi connectivity index (χ4v) is 1.90. The summed E-state index contributed by atoms with van der Waals surface area (Å²) in [6.45, 7) is 0.534. The van der Waals surface area contributed by atoms with Crippen molar-refractivity contribution >= 4 is 11.6 Å². The number of ether oxygens (including phenoxy) is 2. The highest BCUT2D eigenvalue weighted by Gasteiger charge is 2.31. The molecule has 110 valence electrons.